The first kappa shape index (κ1) is 11.3. The molecule has 5 N–H and O–H groups in total. The molecule has 1 aromatic carbocycles. The van der Waals surface area contributed by atoms with Crippen LogP contribution >= 0.6 is 11.6 Å². The average Bonchev–Trinajstić information content (AvgIpc) is 2.27. The van der Waals surface area contributed by atoms with Crippen molar-refractivity contribution in [2.75, 3.05) is 11.3 Å². The van der Waals surface area contributed by atoms with Crippen molar-refractivity contribution in [2.24, 2.45) is 5.84 Å². The maximum Gasteiger partial charge on any atom is 0.106 e. The van der Waals surface area contributed by atoms with Crippen LogP contribution in [0.5, 0.6) is 0 Å². The van der Waals surface area contributed by atoms with Gasteiger partial charge in [0.05, 0.1) is 12.0 Å². The zero-order valence-corrected chi connectivity index (χ0v) is 8.28. The fourth-order valence-corrected chi connectivity index (χ4v) is 1.29. The molecule has 14 heavy (non-hydrogen) atoms. The van der Waals surface area contributed by atoms with E-state index in [0.717, 1.165) is 0 Å². The first-order valence-corrected chi connectivity index (χ1v) is 4.71. The van der Waals surface area contributed by atoms with Crippen molar-refractivity contribution in [3.63, 3.8) is 0 Å². The quantitative estimate of drug-likeness (QED) is 0.338. The van der Waals surface area contributed by atoms with Gasteiger partial charge >= 0.3 is 0 Å². The van der Waals surface area contributed by atoms with Crippen molar-refractivity contribution in [3.8, 4) is 0 Å². The average molecular weight is 217 g/mol. The molecule has 0 radical (unpaired) electrons. The monoisotopic (exact) mass is 216 g/mol. The zero-order chi connectivity index (χ0) is 10.6. The number of alkyl halides is 1. The molecule has 0 amide bonds. The van der Waals surface area contributed by atoms with Crippen LogP contribution in [0.1, 0.15) is 11.7 Å². The van der Waals surface area contributed by atoms with Gasteiger partial charge < -0.3 is 15.6 Å². The molecule has 0 heterocycles. The number of nitrogens with two attached hydrogens (primary N) is 1. The van der Waals surface area contributed by atoms with Crippen LogP contribution in [-0.2, 0) is 0 Å². The highest BCUT2D eigenvalue weighted by Gasteiger charge is 2.17. The molecule has 2 atom stereocenters. The summed E-state index contributed by atoms with van der Waals surface area (Å²) in [6.45, 7) is 0. The first-order valence-electron chi connectivity index (χ1n) is 4.17. The topological polar surface area (TPSA) is 78.5 Å². The molecule has 78 valence electrons. The third-order valence-corrected chi connectivity index (χ3v) is 2.23. The second kappa shape index (κ2) is 5.17. The van der Waals surface area contributed by atoms with Gasteiger partial charge in [-0.1, -0.05) is 12.1 Å². The first-order chi connectivity index (χ1) is 6.69. The molecule has 0 aliphatic heterocycles. The summed E-state index contributed by atoms with van der Waals surface area (Å²) in [4.78, 5) is 0. The van der Waals surface area contributed by atoms with Crippen molar-refractivity contribution in [3.05, 3.63) is 29.8 Å². The summed E-state index contributed by atoms with van der Waals surface area (Å²) in [5.41, 5.74) is 3.70. The van der Waals surface area contributed by atoms with Crippen LogP contribution in [0.4, 0.5) is 5.69 Å². The van der Waals surface area contributed by atoms with E-state index < -0.39 is 12.2 Å². The summed E-state index contributed by atoms with van der Waals surface area (Å²) in [5.74, 6) is 5.19. The number of aliphatic hydroxyl groups is 2. The van der Waals surface area contributed by atoms with Crippen molar-refractivity contribution >= 4 is 17.3 Å². The van der Waals surface area contributed by atoms with E-state index in [1.165, 1.54) is 0 Å². The van der Waals surface area contributed by atoms with Gasteiger partial charge in [0, 0.05) is 5.69 Å². The molecule has 0 spiro atoms. The molecule has 2 unspecified atom stereocenters. The van der Waals surface area contributed by atoms with E-state index in [-0.39, 0.29) is 5.88 Å². The van der Waals surface area contributed by atoms with Crippen molar-refractivity contribution in [1.29, 1.82) is 0 Å². The van der Waals surface area contributed by atoms with Crippen LogP contribution in [-0.4, -0.2) is 22.2 Å². The van der Waals surface area contributed by atoms with Gasteiger partial charge in [-0.25, -0.2) is 0 Å². The van der Waals surface area contributed by atoms with Gasteiger partial charge in [-0.2, -0.15) is 0 Å². The van der Waals surface area contributed by atoms with Crippen LogP contribution in [0.3, 0.4) is 0 Å². The molecule has 0 aliphatic carbocycles. The SMILES string of the molecule is NNc1cccc(C(O)C(O)CCl)c1. The lowest BCUT2D eigenvalue weighted by Gasteiger charge is -2.16. The van der Waals surface area contributed by atoms with Gasteiger partial charge in [0.25, 0.3) is 0 Å². The fraction of sp³-hybridized carbons (Fsp3) is 0.333. The summed E-state index contributed by atoms with van der Waals surface area (Å²) in [6, 6.07) is 6.83. The third-order valence-electron chi connectivity index (χ3n) is 1.92. The summed E-state index contributed by atoms with van der Waals surface area (Å²) < 4.78 is 0. The van der Waals surface area contributed by atoms with E-state index in [2.05, 4.69) is 5.43 Å². The Morgan fingerprint density at radius 2 is 2.14 bits per heavy atom. The smallest absolute Gasteiger partial charge is 0.106 e. The maximum atomic E-state index is 9.61. The largest absolute Gasteiger partial charge is 0.389 e. The Hall–Kier alpha value is -0.810. The van der Waals surface area contributed by atoms with Crippen molar-refractivity contribution in [2.45, 2.75) is 12.2 Å². The van der Waals surface area contributed by atoms with Crippen molar-refractivity contribution < 1.29 is 10.2 Å². The van der Waals surface area contributed by atoms with E-state index in [4.69, 9.17) is 17.4 Å². The molecular formula is C9H13ClN2O2. The lowest BCUT2D eigenvalue weighted by molar-refractivity contribution is 0.0327. The lowest BCUT2D eigenvalue weighted by Crippen LogP contribution is -2.20. The predicted molar refractivity (Wildman–Crippen MR) is 55.9 cm³/mol. The molecule has 0 saturated carbocycles. The summed E-state index contributed by atoms with van der Waals surface area (Å²) in [6.07, 6.45) is -1.95. The van der Waals surface area contributed by atoms with Gasteiger partial charge in [-0.15, -0.1) is 11.6 Å². The summed E-state index contributed by atoms with van der Waals surface area (Å²) in [7, 11) is 0. The Kier molecular flexibility index (Phi) is 4.16. The minimum Gasteiger partial charge on any atom is -0.389 e. The Labute approximate surface area is 87.3 Å². The fourth-order valence-electron chi connectivity index (χ4n) is 1.12. The molecular weight excluding hydrogens is 204 g/mol. The van der Waals surface area contributed by atoms with Crippen LogP contribution in [0.2, 0.25) is 0 Å². The van der Waals surface area contributed by atoms with Crippen LogP contribution in [0, 0.1) is 0 Å². The standard InChI is InChI=1S/C9H13ClN2O2/c10-5-8(13)9(14)6-2-1-3-7(4-6)12-11/h1-4,8-9,12-14H,5,11H2. The number of rotatable bonds is 4. The minimum atomic E-state index is -0.985. The third kappa shape index (κ3) is 2.59. The molecule has 0 aromatic heterocycles. The number of anilines is 1. The normalized spacial score (nSPS) is 14.9. The molecule has 0 aliphatic rings. The van der Waals surface area contributed by atoms with E-state index in [1.54, 1.807) is 24.3 Å². The van der Waals surface area contributed by atoms with Gasteiger partial charge in [-0.05, 0) is 17.7 Å². The van der Waals surface area contributed by atoms with Crippen LogP contribution in [0.25, 0.3) is 0 Å². The zero-order valence-electron chi connectivity index (χ0n) is 7.52. The molecule has 1 aromatic rings. The number of hydrogen-bond acceptors (Lipinski definition) is 4. The van der Waals surface area contributed by atoms with Gasteiger partial charge in [0.2, 0.25) is 0 Å². The molecule has 1 rings (SSSR count). The highest BCUT2D eigenvalue weighted by atomic mass is 35.5. The van der Waals surface area contributed by atoms with E-state index >= 15 is 0 Å². The Morgan fingerprint density at radius 3 is 2.71 bits per heavy atom. The number of halogens is 1. The van der Waals surface area contributed by atoms with E-state index in [0.29, 0.717) is 11.3 Å². The van der Waals surface area contributed by atoms with Gasteiger partial charge in [-0.3, -0.25) is 5.84 Å². The summed E-state index contributed by atoms with van der Waals surface area (Å²) in [5, 5.41) is 18.9. The molecule has 4 nitrogen and oxygen atoms in total. The number of nitrogens with one attached hydrogen (secondary N) is 1. The number of benzene rings is 1. The number of aliphatic hydroxyl groups excluding tert-OH is 2. The van der Waals surface area contributed by atoms with E-state index in [9.17, 15) is 10.2 Å². The second-order valence-electron chi connectivity index (χ2n) is 2.94. The van der Waals surface area contributed by atoms with Gasteiger partial charge in [0.15, 0.2) is 0 Å². The van der Waals surface area contributed by atoms with E-state index in [1.807, 2.05) is 0 Å². The number of hydrogen-bond donors (Lipinski definition) is 4. The molecule has 5 heteroatoms. The van der Waals surface area contributed by atoms with Crippen LogP contribution in [0.15, 0.2) is 24.3 Å². The van der Waals surface area contributed by atoms with Crippen LogP contribution < -0.4 is 11.3 Å². The maximum absolute atomic E-state index is 9.61. The molecule has 0 fully saturated rings. The number of nitrogen functional groups attached to an aromatic ring is 1. The second-order valence-corrected chi connectivity index (χ2v) is 3.24. The highest BCUT2D eigenvalue weighted by molar-refractivity contribution is 6.18. The molecule has 0 bridgehead atoms. The lowest BCUT2D eigenvalue weighted by atomic mass is 10.1. The Morgan fingerprint density at radius 1 is 1.43 bits per heavy atom. The Bertz CT molecular complexity index is 296. The summed E-state index contributed by atoms with van der Waals surface area (Å²) >= 11 is 5.42. The van der Waals surface area contributed by atoms with Crippen molar-refractivity contribution in [1.82, 2.24) is 0 Å². The molecule has 0 saturated heterocycles. The van der Waals surface area contributed by atoms with Gasteiger partial charge in [0.1, 0.15) is 6.10 Å². The minimum absolute atomic E-state index is 0.0125. The Balaban J connectivity index is 2.83. The highest BCUT2D eigenvalue weighted by Crippen LogP contribution is 2.20. The number of hydrazine groups is 1. The predicted octanol–water partition coefficient (Wildman–Crippen LogP) is 0.605.